The molecule has 1 N–H and O–H groups in total. The number of benzene rings is 2. The van der Waals surface area contributed by atoms with Gasteiger partial charge in [-0.1, -0.05) is 41.9 Å². The Morgan fingerprint density at radius 3 is 2.63 bits per heavy atom. The highest BCUT2D eigenvalue weighted by Crippen LogP contribution is 2.56. The average Bonchev–Trinajstić information content (AvgIpc) is 3.55. The van der Waals surface area contributed by atoms with Crippen molar-refractivity contribution >= 4 is 27.5 Å². The Morgan fingerprint density at radius 2 is 1.95 bits per heavy atom. The van der Waals surface area contributed by atoms with E-state index in [1.165, 1.54) is 37.0 Å². The Balaban J connectivity index is 0.000000153. The van der Waals surface area contributed by atoms with Crippen molar-refractivity contribution in [3.8, 4) is 5.75 Å². The second-order valence-electron chi connectivity index (χ2n) is 12.3. The molecule has 10 heteroatoms. The van der Waals surface area contributed by atoms with Crippen molar-refractivity contribution in [3.63, 3.8) is 0 Å². The van der Waals surface area contributed by atoms with Crippen LogP contribution in [0.1, 0.15) is 101 Å². The maximum absolute atomic E-state index is 14.2. The number of aromatic carboxylic acids is 1. The van der Waals surface area contributed by atoms with Gasteiger partial charge in [0, 0.05) is 17.4 Å². The first-order chi connectivity index (χ1) is 20.7. The number of aromatic nitrogens is 2. The van der Waals surface area contributed by atoms with Crippen LogP contribution < -0.4 is 4.74 Å². The van der Waals surface area contributed by atoms with Crippen LogP contribution in [0.15, 0.2) is 40.0 Å². The van der Waals surface area contributed by atoms with Crippen LogP contribution in [0.2, 0.25) is 0 Å². The fourth-order valence-corrected chi connectivity index (χ4v) is 8.37. The van der Waals surface area contributed by atoms with Crippen molar-refractivity contribution in [2.75, 3.05) is 0 Å². The molecule has 8 nitrogen and oxygen atoms in total. The largest absolute Gasteiger partial charge is 0.487 e. The number of para-hydroxylation sites is 1. The highest BCUT2D eigenvalue weighted by Gasteiger charge is 2.45. The lowest BCUT2D eigenvalue weighted by molar-refractivity contribution is 0.0696. The first-order valence-corrected chi connectivity index (χ1v) is 15.9. The Hall–Kier alpha value is -3.66. The standard InChI is InChI=1S/C17H18FNO2S.C16H18N2O3/c1-8-5-9-3-2-4-11(8)14(9)16-19-15-12(18)6-10(17(20)21)7-13(15)22-16;1-10-4-3-5-11(2)15(10)20-9-14-13(8-17-19)16(21-18-14)12-6-7-12/h6-9,11,14H,2-5H2,1H3,(H,20,21);3-5,12H,6-9H2,1-2H3. The van der Waals surface area contributed by atoms with Crippen molar-refractivity contribution in [1.29, 1.82) is 0 Å². The zero-order chi connectivity index (χ0) is 30.2. The number of nitrogens with zero attached hydrogens (tertiary/aromatic N) is 3. The van der Waals surface area contributed by atoms with Crippen molar-refractivity contribution in [1.82, 2.24) is 10.1 Å². The van der Waals surface area contributed by atoms with Crippen LogP contribution in [0.3, 0.4) is 0 Å². The van der Waals surface area contributed by atoms with Gasteiger partial charge in [0.25, 0.3) is 0 Å². The van der Waals surface area contributed by atoms with Gasteiger partial charge in [0.1, 0.15) is 35.9 Å². The van der Waals surface area contributed by atoms with Gasteiger partial charge >= 0.3 is 5.97 Å². The number of aryl methyl sites for hydroxylation is 2. The highest BCUT2D eigenvalue weighted by atomic mass is 32.1. The second-order valence-corrected chi connectivity index (χ2v) is 13.4. The number of ether oxygens (including phenoxy) is 1. The number of carbonyl (C=O) groups is 1. The summed E-state index contributed by atoms with van der Waals surface area (Å²) in [5.74, 6) is 2.93. The van der Waals surface area contributed by atoms with Gasteiger partial charge < -0.3 is 14.4 Å². The summed E-state index contributed by atoms with van der Waals surface area (Å²) in [6.45, 7) is 6.73. The Kier molecular flexibility index (Phi) is 8.31. The average molecular weight is 606 g/mol. The third kappa shape index (κ3) is 5.94. The summed E-state index contributed by atoms with van der Waals surface area (Å²) in [6.07, 6.45) is 7.20. The molecule has 2 bridgehead atoms. The minimum atomic E-state index is -1.10. The lowest BCUT2D eigenvalue weighted by Crippen LogP contribution is -2.19. The molecule has 0 radical (unpaired) electrons. The molecule has 226 valence electrons. The van der Waals surface area contributed by atoms with Gasteiger partial charge in [0.2, 0.25) is 0 Å². The van der Waals surface area contributed by atoms with Gasteiger partial charge in [-0.05, 0) is 87.0 Å². The number of halogens is 1. The quantitative estimate of drug-likeness (QED) is 0.200. The van der Waals surface area contributed by atoms with E-state index < -0.39 is 11.8 Å². The topological polar surface area (TPSA) is 115 Å². The van der Waals surface area contributed by atoms with Gasteiger partial charge in [-0.25, -0.2) is 14.2 Å². The molecule has 2 heterocycles. The molecule has 7 rings (SSSR count). The van der Waals surface area contributed by atoms with Crippen molar-refractivity contribution < 1.29 is 23.6 Å². The fourth-order valence-electron chi connectivity index (χ4n) is 7.07. The van der Waals surface area contributed by atoms with E-state index in [1.807, 2.05) is 32.0 Å². The van der Waals surface area contributed by atoms with Crippen LogP contribution in [0, 0.1) is 42.3 Å². The number of nitroso groups, excluding NO2 is 1. The summed E-state index contributed by atoms with van der Waals surface area (Å²) in [5.41, 5.74) is 3.98. The predicted octanol–water partition coefficient (Wildman–Crippen LogP) is 8.69. The van der Waals surface area contributed by atoms with E-state index in [1.54, 1.807) is 6.07 Å². The van der Waals surface area contributed by atoms with Gasteiger partial charge in [0.05, 0.1) is 15.3 Å². The minimum absolute atomic E-state index is 0.000171. The summed E-state index contributed by atoms with van der Waals surface area (Å²) in [7, 11) is 0. The number of carboxylic acids is 1. The van der Waals surface area contributed by atoms with E-state index in [-0.39, 0.29) is 12.1 Å². The molecule has 3 saturated carbocycles. The Morgan fingerprint density at radius 1 is 1.19 bits per heavy atom. The second kappa shape index (κ2) is 12.1. The van der Waals surface area contributed by atoms with Crippen molar-refractivity contribution in [3.05, 3.63) is 79.8 Å². The maximum atomic E-state index is 14.2. The van der Waals surface area contributed by atoms with E-state index in [4.69, 9.17) is 14.4 Å². The van der Waals surface area contributed by atoms with Crippen LogP contribution in [0.5, 0.6) is 5.75 Å². The summed E-state index contributed by atoms with van der Waals surface area (Å²) in [4.78, 5) is 26.3. The lowest BCUT2D eigenvalue weighted by atomic mass is 9.78. The molecule has 0 saturated heterocycles. The summed E-state index contributed by atoms with van der Waals surface area (Å²) < 4.78 is 26.1. The van der Waals surface area contributed by atoms with Crippen LogP contribution in [0.25, 0.3) is 10.2 Å². The third-order valence-electron chi connectivity index (χ3n) is 9.32. The predicted molar refractivity (Wildman–Crippen MR) is 162 cm³/mol. The molecular formula is C33H36FN3O5S. The van der Waals surface area contributed by atoms with E-state index in [9.17, 15) is 14.1 Å². The SMILES string of the molecule is CC1CC2CCCC1C2c1nc2c(F)cc(C(=O)O)cc2s1.Cc1cccc(C)c1OCc1noc(C2CC2)c1CN=O. The van der Waals surface area contributed by atoms with Gasteiger partial charge in [-0.3, -0.25) is 0 Å². The van der Waals surface area contributed by atoms with E-state index in [2.05, 4.69) is 22.2 Å². The molecule has 4 unspecified atom stereocenters. The summed E-state index contributed by atoms with van der Waals surface area (Å²) in [6, 6.07) is 8.65. The van der Waals surface area contributed by atoms with E-state index in [0.717, 1.165) is 52.1 Å². The van der Waals surface area contributed by atoms with Gasteiger partial charge in [-0.15, -0.1) is 11.3 Å². The highest BCUT2D eigenvalue weighted by molar-refractivity contribution is 7.18. The molecule has 43 heavy (non-hydrogen) atoms. The van der Waals surface area contributed by atoms with E-state index in [0.29, 0.717) is 52.1 Å². The smallest absolute Gasteiger partial charge is 0.335 e. The summed E-state index contributed by atoms with van der Waals surface area (Å²) in [5, 5.41) is 17.1. The number of fused-ring (bicyclic) bond motifs is 3. The fraction of sp³-hybridized carbons (Fsp3) is 0.485. The molecule has 4 aromatic rings. The molecule has 0 amide bonds. The number of hydrogen-bond acceptors (Lipinski definition) is 8. The van der Waals surface area contributed by atoms with Crippen molar-refractivity contribution in [2.24, 2.45) is 22.9 Å². The number of thiazole rings is 1. The molecular weight excluding hydrogens is 569 g/mol. The molecule has 2 aromatic carbocycles. The first-order valence-electron chi connectivity index (χ1n) is 15.0. The molecule has 4 atom stereocenters. The molecule has 0 aliphatic heterocycles. The lowest BCUT2D eigenvalue weighted by Gasteiger charge is -2.29. The number of carboxylic acid groups (broad SMARTS) is 1. The molecule has 3 aliphatic rings. The van der Waals surface area contributed by atoms with E-state index >= 15 is 0 Å². The van der Waals surface area contributed by atoms with Crippen LogP contribution >= 0.6 is 11.3 Å². The molecule has 2 aromatic heterocycles. The van der Waals surface area contributed by atoms with Gasteiger partial charge in [0.15, 0.2) is 5.82 Å². The van der Waals surface area contributed by atoms with Crippen molar-refractivity contribution in [2.45, 2.75) is 84.3 Å². The van der Waals surface area contributed by atoms with Crippen LogP contribution in [0.4, 0.5) is 4.39 Å². The Labute approximate surface area is 253 Å². The number of hydrogen-bond donors (Lipinski definition) is 1. The van der Waals surface area contributed by atoms with Crippen LogP contribution in [-0.4, -0.2) is 21.2 Å². The van der Waals surface area contributed by atoms with Crippen LogP contribution in [-0.2, 0) is 13.2 Å². The monoisotopic (exact) mass is 605 g/mol. The molecule has 3 aliphatic carbocycles. The Bertz CT molecular complexity index is 1640. The maximum Gasteiger partial charge on any atom is 0.335 e. The molecule has 3 fully saturated rings. The molecule has 0 spiro atoms. The summed E-state index contributed by atoms with van der Waals surface area (Å²) >= 11 is 1.48. The zero-order valence-electron chi connectivity index (χ0n) is 24.6. The van der Waals surface area contributed by atoms with Gasteiger partial charge in [-0.2, -0.15) is 4.91 Å². The minimum Gasteiger partial charge on any atom is -0.487 e. The normalized spacial score (nSPS) is 22.7. The first kappa shape index (κ1) is 29.4. The third-order valence-corrected chi connectivity index (χ3v) is 10.4. The number of rotatable bonds is 8. The zero-order valence-corrected chi connectivity index (χ0v) is 25.5.